The predicted octanol–water partition coefficient (Wildman–Crippen LogP) is 4.46. The van der Waals surface area contributed by atoms with Gasteiger partial charge in [0.15, 0.2) is 6.10 Å². The van der Waals surface area contributed by atoms with E-state index in [9.17, 15) is 9.59 Å². The first-order valence-electron chi connectivity index (χ1n) is 10.3. The average Bonchev–Trinajstić information content (AvgIpc) is 2.72. The first kappa shape index (κ1) is 20.9. The fraction of sp³-hybridized carbons (Fsp3) is 0.417. The molecule has 0 unspecified atom stereocenters. The lowest BCUT2D eigenvalue weighted by Crippen LogP contribution is -2.39. The van der Waals surface area contributed by atoms with Crippen molar-refractivity contribution in [1.29, 1.82) is 0 Å². The van der Waals surface area contributed by atoms with Crippen molar-refractivity contribution in [2.24, 2.45) is 5.92 Å². The van der Waals surface area contributed by atoms with Crippen LogP contribution in [0.3, 0.4) is 0 Å². The van der Waals surface area contributed by atoms with Gasteiger partial charge in [-0.1, -0.05) is 38.1 Å². The monoisotopic (exact) mass is 395 g/mol. The Labute approximate surface area is 172 Å². The maximum Gasteiger partial charge on any atom is 0.338 e. The lowest BCUT2D eigenvalue weighted by molar-refractivity contribution is -0.130. The van der Waals surface area contributed by atoms with E-state index in [1.807, 2.05) is 12.1 Å². The minimum atomic E-state index is -0.867. The number of hydrogen-bond acceptors (Lipinski definition) is 4. The van der Waals surface area contributed by atoms with E-state index in [0.717, 1.165) is 24.8 Å². The number of aryl methyl sites for hydroxylation is 1. The summed E-state index contributed by atoms with van der Waals surface area (Å²) in [7, 11) is 0. The first-order valence-corrected chi connectivity index (χ1v) is 10.3. The molecule has 154 valence electrons. The van der Waals surface area contributed by atoms with Crippen molar-refractivity contribution < 1.29 is 19.1 Å². The third-order valence-electron chi connectivity index (χ3n) is 5.01. The molecule has 1 amide bonds. The number of nitrogens with one attached hydrogen (secondary N) is 1. The maximum atomic E-state index is 12.6. The number of carbonyl (C=O) groups excluding carboxylic acids is 2. The second-order valence-electron chi connectivity index (χ2n) is 7.93. The number of esters is 1. The molecule has 0 saturated carbocycles. The summed E-state index contributed by atoms with van der Waals surface area (Å²) in [5, 5.41) is 3.03. The molecule has 1 aliphatic carbocycles. The van der Waals surface area contributed by atoms with Crippen molar-refractivity contribution in [1.82, 2.24) is 5.32 Å². The Balaban J connectivity index is 1.55. The van der Waals surface area contributed by atoms with Crippen LogP contribution in [0.5, 0.6) is 5.75 Å². The van der Waals surface area contributed by atoms with Crippen LogP contribution >= 0.6 is 0 Å². The molecule has 5 nitrogen and oxygen atoms in total. The number of amides is 1. The second kappa shape index (κ2) is 9.59. The third kappa shape index (κ3) is 5.59. The molecule has 2 atom stereocenters. The van der Waals surface area contributed by atoms with Crippen LogP contribution in [-0.4, -0.2) is 24.6 Å². The Morgan fingerprint density at radius 2 is 1.79 bits per heavy atom. The Kier molecular flexibility index (Phi) is 6.91. The van der Waals surface area contributed by atoms with E-state index in [1.54, 1.807) is 31.2 Å². The van der Waals surface area contributed by atoms with Crippen molar-refractivity contribution in [3.63, 3.8) is 0 Å². The van der Waals surface area contributed by atoms with Gasteiger partial charge in [0, 0.05) is 0 Å². The maximum absolute atomic E-state index is 12.6. The molecule has 29 heavy (non-hydrogen) atoms. The van der Waals surface area contributed by atoms with Gasteiger partial charge < -0.3 is 14.8 Å². The quantitative estimate of drug-likeness (QED) is 0.703. The minimum absolute atomic E-state index is 0.0361. The molecular weight excluding hydrogens is 366 g/mol. The lowest BCUT2D eigenvalue weighted by atomic mass is 9.87. The average molecular weight is 395 g/mol. The molecule has 0 aliphatic heterocycles. The standard InChI is InChI=1S/C24H29NO4/c1-16(2)15-28-20-13-11-19(12-14-20)24(27)29-17(3)23(26)25-22-10-6-8-18-7-4-5-9-21(18)22/h4-5,7,9,11-14,16-17,22H,6,8,10,15H2,1-3H3,(H,25,26)/t17-,22+/m0/s1. The van der Waals surface area contributed by atoms with Crippen LogP contribution in [0.15, 0.2) is 48.5 Å². The summed E-state index contributed by atoms with van der Waals surface area (Å²) in [6, 6.07) is 14.9. The van der Waals surface area contributed by atoms with Gasteiger partial charge in [-0.3, -0.25) is 4.79 Å². The molecule has 0 fully saturated rings. The molecule has 5 heteroatoms. The van der Waals surface area contributed by atoms with Crippen LogP contribution in [0, 0.1) is 5.92 Å². The number of rotatable bonds is 7. The molecule has 0 heterocycles. The molecule has 0 bridgehead atoms. The molecule has 0 saturated heterocycles. The van der Waals surface area contributed by atoms with Gasteiger partial charge in [-0.2, -0.15) is 0 Å². The van der Waals surface area contributed by atoms with Crippen molar-refractivity contribution in [3.8, 4) is 5.75 Å². The Bertz CT molecular complexity index is 844. The summed E-state index contributed by atoms with van der Waals surface area (Å²) < 4.78 is 11.0. The van der Waals surface area contributed by atoms with E-state index in [1.165, 1.54) is 5.56 Å². The van der Waals surface area contributed by atoms with E-state index in [-0.39, 0.29) is 11.9 Å². The van der Waals surface area contributed by atoms with E-state index in [4.69, 9.17) is 9.47 Å². The fourth-order valence-corrected chi connectivity index (χ4v) is 3.43. The van der Waals surface area contributed by atoms with Gasteiger partial charge in [0.05, 0.1) is 18.2 Å². The van der Waals surface area contributed by atoms with Gasteiger partial charge >= 0.3 is 5.97 Å². The Hall–Kier alpha value is -2.82. The van der Waals surface area contributed by atoms with Gasteiger partial charge in [-0.15, -0.1) is 0 Å². The highest BCUT2D eigenvalue weighted by molar-refractivity contribution is 5.92. The zero-order chi connectivity index (χ0) is 20.8. The van der Waals surface area contributed by atoms with Gasteiger partial charge in [0.1, 0.15) is 5.75 Å². The molecular formula is C24H29NO4. The highest BCUT2D eigenvalue weighted by atomic mass is 16.5. The highest BCUT2D eigenvalue weighted by Crippen LogP contribution is 2.29. The molecule has 2 aromatic rings. The highest BCUT2D eigenvalue weighted by Gasteiger charge is 2.25. The summed E-state index contributed by atoms with van der Waals surface area (Å²) in [5.74, 6) is 0.330. The van der Waals surface area contributed by atoms with E-state index < -0.39 is 12.1 Å². The Morgan fingerprint density at radius 1 is 1.07 bits per heavy atom. The van der Waals surface area contributed by atoms with Gasteiger partial charge in [-0.25, -0.2) is 4.79 Å². The van der Waals surface area contributed by atoms with E-state index in [2.05, 4.69) is 31.3 Å². The third-order valence-corrected chi connectivity index (χ3v) is 5.01. The molecule has 0 aromatic heterocycles. The largest absolute Gasteiger partial charge is 0.493 e. The van der Waals surface area contributed by atoms with Crippen LogP contribution in [0.2, 0.25) is 0 Å². The number of fused-ring (bicyclic) bond motifs is 1. The van der Waals surface area contributed by atoms with E-state index >= 15 is 0 Å². The summed E-state index contributed by atoms with van der Waals surface area (Å²) in [6.07, 6.45) is 2.08. The van der Waals surface area contributed by atoms with Crippen LogP contribution in [0.25, 0.3) is 0 Å². The number of benzene rings is 2. The van der Waals surface area contributed by atoms with E-state index in [0.29, 0.717) is 23.8 Å². The van der Waals surface area contributed by atoms with Crippen molar-refractivity contribution in [2.45, 2.75) is 52.2 Å². The number of ether oxygens (including phenoxy) is 2. The molecule has 1 N–H and O–H groups in total. The molecule has 2 aromatic carbocycles. The van der Waals surface area contributed by atoms with Gasteiger partial charge in [0.2, 0.25) is 0 Å². The molecule has 1 aliphatic rings. The zero-order valence-electron chi connectivity index (χ0n) is 17.3. The summed E-state index contributed by atoms with van der Waals surface area (Å²) in [6.45, 7) is 6.36. The molecule has 0 radical (unpaired) electrons. The topological polar surface area (TPSA) is 64.6 Å². The van der Waals surface area contributed by atoms with Crippen LogP contribution in [-0.2, 0) is 16.0 Å². The number of hydrogen-bond donors (Lipinski definition) is 1. The summed E-state index contributed by atoms with van der Waals surface area (Å²) in [5.41, 5.74) is 2.82. The zero-order valence-corrected chi connectivity index (χ0v) is 17.3. The van der Waals surface area contributed by atoms with Crippen LogP contribution < -0.4 is 10.1 Å². The Morgan fingerprint density at radius 3 is 2.52 bits per heavy atom. The smallest absolute Gasteiger partial charge is 0.338 e. The van der Waals surface area contributed by atoms with Gasteiger partial charge in [-0.05, 0) is 67.5 Å². The minimum Gasteiger partial charge on any atom is -0.493 e. The fourth-order valence-electron chi connectivity index (χ4n) is 3.43. The van der Waals surface area contributed by atoms with Crippen molar-refractivity contribution >= 4 is 11.9 Å². The van der Waals surface area contributed by atoms with Crippen LogP contribution in [0.1, 0.15) is 61.1 Å². The molecule has 3 rings (SSSR count). The van der Waals surface area contributed by atoms with Gasteiger partial charge in [0.25, 0.3) is 5.91 Å². The number of carbonyl (C=O) groups is 2. The summed E-state index contributed by atoms with van der Waals surface area (Å²) >= 11 is 0. The predicted molar refractivity (Wildman–Crippen MR) is 112 cm³/mol. The second-order valence-corrected chi connectivity index (χ2v) is 7.93. The summed E-state index contributed by atoms with van der Waals surface area (Å²) in [4.78, 5) is 25.0. The molecule has 0 spiro atoms. The SMILES string of the molecule is CC(C)COc1ccc(C(=O)O[C@@H](C)C(=O)N[C@@H]2CCCc3ccccc32)cc1. The normalized spacial score (nSPS) is 16.6. The lowest BCUT2D eigenvalue weighted by Gasteiger charge is -2.27. The first-order chi connectivity index (χ1) is 13.9. The van der Waals surface area contributed by atoms with Crippen molar-refractivity contribution in [3.05, 3.63) is 65.2 Å². The van der Waals surface area contributed by atoms with Crippen molar-refractivity contribution in [2.75, 3.05) is 6.61 Å². The van der Waals surface area contributed by atoms with Crippen LogP contribution in [0.4, 0.5) is 0 Å².